The highest BCUT2D eigenvalue weighted by molar-refractivity contribution is 5.77. The number of amides is 1. The van der Waals surface area contributed by atoms with Crippen molar-refractivity contribution >= 4 is 17.3 Å². The van der Waals surface area contributed by atoms with Crippen LogP contribution in [-0.2, 0) is 4.79 Å². The molecule has 0 aromatic heterocycles. The maximum Gasteiger partial charge on any atom is 0.292 e. The monoisotopic (exact) mass is 306 g/mol. The van der Waals surface area contributed by atoms with Crippen molar-refractivity contribution in [2.45, 2.75) is 25.8 Å². The van der Waals surface area contributed by atoms with E-state index in [-0.39, 0.29) is 17.6 Å². The lowest BCUT2D eigenvalue weighted by Gasteiger charge is -2.30. The molecule has 1 aliphatic heterocycles. The molecule has 22 heavy (non-hydrogen) atoms. The number of carbonyl (C=O) groups excluding carboxylic acids is 1. The number of nitro benzene ring substituents is 1. The summed E-state index contributed by atoms with van der Waals surface area (Å²) in [5.74, 6) is 0.394. The van der Waals surface area contributed by atoms with E-state index in [1.54, 1.807) is 18.2 Å². The van der Waals surface area contributed by atoms with Crippen molar-refractivity contribution in [3.63, 3.8) is 0 Å². The fourth-order valence-corrected chi connectivity index (χ4v) is 2.60. The van der Waals surface area contributed by atoms with E-state index in [1.807, 2.05) is 0 Å². The summed E-state index contributed by atoms with van der Waals surface area (Å²) < 4.78 is 0. The van der Waals surface area contributed by atoms with E-state index < -0.39 is 4.92 Å². The van der Waals surface area contributed by atoms with E-state index in [0.29, 0.717) is 24.6 Å². The maximum absolute atomic E-state index is 12.0. The van der Waals surface area contributed by atoms with Crippen molar-refractivity contribution in [2.75, 3.05) is 25.0 Å². The molecule has 2 rings (SSSR count). The number of hydrogen-bond acceptors (Lipinski definition) is 5. The van der Waals surface area contributed by atoms with Gasteiger partial charge in [-0.2, -0.15) is 0 Å². The van der Waals surface area contributed by atoms with Crippen LogP contribution in [0.5, 0.6) is 0 Å². The average molecular weight is 306 g/mol. The summed E-state index contributed by atoms with van der Waals surface area (Å²) in [5, 5.41) is 20.2. The number of para-hydroxylation sites is 2. The molecule has 7 heteroatoms. The molecule has 1 amide bonds. The summed E-state index contributed by atoms with van der Waals surface area (Å²) >= 11 is 0. The fourth-order valence-electron chi connectivity index (χ4n) is 2.60. The third-order valence-corrected chi connectivity index (χ3v) is 3.90. The molecule has 2 atom stereocenters. The molecule has 120 valence electrons. The first-order valence-electron chi connectivity index (χ1n) is 7.55. The topological polar surface area (TPSA) is 96.3 Å². The highest BCUT2D eigenvalue weighted by Gasteiger charge is 2.22. The predicted octanol–water partition coefficient (Wildman–Crippen LogP) is 1.51. The van der Waals surface area contributed by atoms with Gasteiger partial charge >= 0.3 is 0 Å². The van der Waals surface area contributed by atoms with Crippen LogP contribution in [0.2, 0.25) is 0 Å². The minimum Gasteiger partial charge on any atom is -0.379 e. The molecule has 0 aliphatic carbocycles. The molecule has 1 saturated heterocycles. The van der Waals surface area contributed by atoms with Crippen LogP contribution in [-0.4, -0.2) is 36.5 Å². The van der Waals surface area contributed by atoms with Gasteiger partial charge in [0.15, 0.2) is 0 Å². The molecule has 1 aliphatic rings. The van der Waals surface area contributed by atoms with Crippen molar-refractivity contribution in [3.05, 3.63) is 34.4 Å². The largest absolute Gasteiger partial charge is 0.379 e. The molecule has 1 aromatic rings. The van der Waals surface area contributed by atoms with Gasteiger partial charge in [0.1, 0.15) is 5.69 Å². The van der Waals surface area contributed by atoms with E-state index in [9.17, 15) is 14.9 Å². The van der Waals surface area contributed by atoms with Gasteiger partial charge in [-0.3, -0.25) is 14.9 Å². The average Bonchev–Trinajstić information content (AvgIpc) is 2.50. The van der Waals surface area contributed by atoms with Gasteiger partial charge < -0.3 is 16.0 Å². The summed E-state index contributed by atoms with van der Waals surface area (Å²) in [6.07, 6.45) is 1.23. The standard InChI is InChI=1S/C15H22N4O3/c1-11-10-16-8-6-12(11)18-15(20)7-9-17-13-4-2-3-5-14(13)19(21)22/h2-5,11-12,16-17H,6-10H2,1H3,(H,18,20). The lowest BCUT2D eigenvalue weighted by molar-refractivity contribution is -0.384. The van der Waals surface area contributed by atoms with E-state index in [1.165, 1.54) is 6.07 Å². The number of nitrogens with one attached hydrogen (secondary N) is 3. The number of benzene rings is 1. The number of carbonyl (C=O) groups is 1. The number of piperidine rings is 1. The maximum atomic E-state index is 12.0. The zero-order chi connectivity index (χ0) is 15.9. The molecule has 7 nitrogen and oxygen atoms in total. The Morgan fingerprint density at radius 3 is 2.95 bits per heavy atom. The Kier molecular flexibility index (Phi) is 5.71. The second-order valence-corrected chi connectivity index (χ2v) is 5.60. The minimum atomic E-state index is -0.431. The molecule has 3 N–H and O–H groups in total. The summed E-state index contributed by atoms with van der Waals surface area (Å²) in [5.41, 5.74) is 0.463. The quantitative estimate of drug-likeness (QED) is 0.547. The first kappa shape index (κ1) is 16.2. The first-order chi connectivity index (χ1) is 10.6. The lowest BCUT2D eigenvalue weighted by atomic mass is 9.95. The van der Waals surface area contributed by atoms with Crippen molar-refractivity contribution in [1.82, 2.24) is 10.6 Å². The van der Waals surface area contributed by atoms with Gasteiger partial charge in [-0.05, 0) is 31.5 Å². The Hall–Kier alpha value is -2.15. The number of hydrogen-bond donors (Lipinski definition) is 3. The normalized spacial score (nSPS) is 21.1. The third kappa shape index (κ3) is 4.42. The lowest BCUT2D eigenvalue weighted by Crippen LogP contribution is -2.48. The highest BCUT2D eigenvalue weighted by Crippen LogP contribution is 2.22. The van der Waals surface area contributed by atoms with Gasteiger partial charge in [-0.25, -0.2) is 0 Å². The Morgan fingerprint density at radius 2 is 2.23 bits per heavy atom. The second-order valence-electron chi connectivity index (χ2n) is 5.60. The van der Waals surface area contributed by atoms with Crippen LogP contribution < -0.4 is 16.0 Å². The molecule has 0 radical (unpaired) electrons. The van der Waals surface area contributed by atoms with Crippen LogP contribution in [0.25, 0.3) is 0 Å². The molecular weight excluding hydrogens is 284 g/mol. The smallest absolute Gasteiger partial charge is 0.292 e. The molecule has 1 fully saturated rings. The van der Waals surface area contributed by atoms with E-state index >= 15 is 0 Å². The zero-order valence-corrected chi connectivity index (χ0v) is 12.7. The molecule has 0 bridgehead atoms. The van der Waals surface area contributed by atoms with Crippen molar-refractivity contribution < 1.29 is 9.72 Å². The number of nitro groups is 1. The van der Waals surface area contributed by atoms with Gasteiger partial charge in [-0.1, -0.05) is 19.1 Å². The second kappa shape index (κ2) is 7.74. The summed E-state index contributed by atoms with van der Waals surface area (Å²) in [4.78, 5) is 22.4. The minimum absolute atomic E-state index is 0.0230. The van der Waals surface area contributed by atoms with Gasteiger partial charge in [0.05, 0.1) is 4.92 Å². The van der Waals surface area contributed by atoms with Gasteiger partial charge in [0.25, 0.3) is 5.69 Å². The SMILES string of the molecule is CC1CNCCC1NC(=O)CCNc1ccccc1[N+](=O)[O-]. The van der Waals surface area contributed by atoms with Crippen molar-refractivity contribution in [1.29, 1.82) is 0 Å². The third-order valence-electron chi connectivity index (χ3n) is 3.90. The van der Waals surface area contributed by atoms with Crippen LogP contribution in [0.3, 0.4) is 0 Å². The van der Waals surface area contributed by atoms with E-state index in [2.05, 4.69) is 22.9 Å². The van der Waals surface area contributed by atoms with Gasteiger partial charge in [-0.15, -0.1) is 0 Å². The number of nitrogens with zero attached hydrogens (tertiary/aromatic N) is 1. The predicted molar refractivity (Wildman–Crippen MR) is 84.8 cm³/mol. The summed E-state index contributed by atoms with van der Waals surface area (Å²) in [6.45, 7) is 4.32. The molecule has 0 spiro atoms. The van der Waals surface area contributed by atoms with Gasteiger partial charge in [0, 0.05) is 25.1 Å². The Labute approximate surface area is 129 Å². The van der Waals surface area contributed by atoms with E-state index in [4.69, 9.17) is 0 Å². The first-order valence-corrected chi connectivity index (χ1v) is 7.55. The number of rotatable bonds is 6. The summed E-state index contributed by atoms with van der Waals surface area (Å²) in [7, 11) is 0. The van der Waals surface area contributed by atoms with Crippen molar-refractivity contribution in [2.24, 2.45) is 5.92 Å². The Morgan fingerprint density at radius 1 is 1.45 bits per heavy atom. The van der Waals surface area contributed by atoms with Crippen LogP contribution in [0.1, 0.15) is 19.8 Å². The van der Waals surface area contributed by atoms with Crippen LogP contribution in [0, 0.1) is 16.0 Å². The van der Waals surface area contributed by atoms with E-state index in [0.717, 1.165) is 19.5 Å². The molecular formula is C15H22N4O3. The molecule has 1 heterocycles. The van der Waals surface area contributed by atoms with Crippen LogP contribution >= 0.6 is 0 Å². The van der Waals surface area contributed by atoms with Crippen molar-refractivity contribution in [3.8, 4) is 0 Å². The molecule has 0 saturated carbocycles. The Balaban J connectivity index is 1.78. The number of anilines is 1. The Bertz CT molecular complexity index is 535. The summed E-state index contributed by atoms with van der Waals surface area (Å²) in [6, 6.07) is 6.64. The highest BCUT2D eigenvalue weighted by atomic mass is 16.6. The fraction of sp³-hybridized carbons (Fsp3) is 0.533. The van der Waals surface area contributed by atoms with Gasteiger partial charge in [0.2, 0.25) is 5.91 Å². The van der Waals surface area contributed by atoms with Crippen LogP contribution in [0.4, 0.5) is 11.4 Å². The molecule has 1 aromatic carbocycles. The molecule has 2 unspecified atom stereocenters. The van der Waals surface area contributed by atoms with Crippen LogP contribution in [0.15, 0.2) is 24.3 Å². The zero-order valence-electron chi connectivity index (χ0n) is 12.7.